The number of rotatable bonds is 6. The van der Waals surface area contributed by atoms with E-state index in [9.17, 15) is 0 Å². The molecule has 0 saturated heterocycles. The van der Waals surface area contributed by atoms with Crippen LogP contribution in [-0.2, 0) is 4.74 Å². The Kier molecular flexibility index (Phi) is 4.40. The molecule has 0 amide bonds. The zero-order chi connectivity index (χ0) is 12.8. The number of allylic oxidation sites excluding steroid dienone is 4. The van der Waals surface area contributed by atoms with E-state index in [4.69, 9.17) is 4.74 Å². The maximum absolute atomic E-state index is 5.72. The van der Waals surface area contributed by atoms with Gasteiger partial charge in [-0.1, -0.05) is 18.2 Å². The first-order valence-electron chi connectivity index (χ1n) is 6.38. The lowest BCUT2D eigenvalue weighted by Gasteiger charge is -2.32. The van der Waals surface area contributed by atoms with Crippen LogP contribution in [0.1, 0.15) is 12.8 Å². The third-order valence-corrected chi connectivity index (χ3v) is 3.18. The smallest absolute Gasteiger partial charge is 0.0998 e. The predicted molar refractivity (Wildman–Crippen MR) is 75.2 cm³/mol. The fraction of sp³-hybridized carbons (Fsp3) is 0.400. The summed E-state index contributed by atoms with van der Waals surface area (Å²) in [5, 5.41) is 2.90. The molecule has 3 nitrogen and oxygen atoms in total. The Bertz CT molecular complexity index is 418. The highest BCUT2D eigenvalue weighted by Crippen LogP contribution is 2.40. The second-order valence-electron chi connectivity index (χ2n) is 4.46. The number of nitrogens with one attached hydrogen (secondary N) is 1. The second kappa shape index (κ2) is 6.24. The van der Waals surface area contributed by atoms with Crippen molar-refractivity contribution >= 4 is 6.34 Å². The van der Waals surface area contributed by atoms with Gasteiger partial charge in [0.25, 0.3) is 0 Å². The van der Waals surface area contributed by atoms with Gasteiger partial charge in [0.2, 0.25) is 0 Å². The summed E-state index contributed by atoms with van der Waals surface area (Å²) in [6.07, 6.45) is 14.2. The predicted octanol–water partition coefficient (Wildman–Crippen LogP) is 2.80. The molecular formula is C15H20N2O. The van der Waals surface area contributed by atoms with Crippen molar-refractivity contribution in [3.05, 3.63) is 48.4 Å². The lowest BCUT2D eigenvalue weighted by atomic mass is 9.78. The van der Waals surface area contributed by atoms with Crippen LogP contribution in [0.4, 0.5) is 0 Å². The van der Waals surface area contributed by atoms with Gasteiger partial charge < -0.3 is 10.1 Å². The molecule has 2 aliphatic rings. The van der Waals surface area contributed by atoms with Crippen molar-refractivity contribution in [3.8, 4) is 0 Å². The van der Waals surface area contributed by atoms with Gasteiger partial charge in [-0.3, -0.25) is 0 Å². The van der Waals surface area contributed by atoms with E-state index in [-0.39, 0.29) is 0 Å². The van der Waals surface area contributed by atoms with E-state index in [1.54, 1.807) is 6.34 Å². The van der Waals surface area contributed by atoms with Crippen molar-refractivity contribution in [2.24, 2.45) is 16.8 Å². The molecular weight excluding hydrogens is 224 g/mol. The first-order chi connectivity index (χ1) is 8.85. The van der Waals surface area contributed by atoms with Gasteiger partial charge in [0.05, 0.1) is 24.4 Å². The molecule has 3 heteroatoms. The Labute approximate surface area is 109 Å². The summed E-state index contributed by atoms with van der Waals surface area (Å²) in [6, 6.07) is 0. The van der Waals surface area contributed by atoms with Crippen LogP contribution < -0.4 is 5.32 Å². The van der Waals surface area contributed by atoms with Crippen LogP contribution in [0.5, 0.6) is 0 Å². The highest BCUT2D eigenvalue weighted by atomic mass is 16.5. The lowest BCUT2D eigenvalue weighted by molar-refractivity contribution is 0.154. The highest BCUT2D eigenvalue weighted by Gasteiger charge is 2.32. The van der Waals surface area contributed by atoms with Crippen molar-refractivity contribution < 1.29 is 4.74 Å². The Balaban J connectivity index is 1.91. The second-order valence-corrected chi connectivity index (χ2v) is 4.46. The van der Waals surface area contributed by atoms with Crippen molar-refractivity contribution in [1.82, 2.24) is 5.32 Å². The molecule has 0 fully saturated rings. The first-order valence-corrected chi connectivity index (χ1v) is 6.38. The minimum atomic E-state index is 0.424. The van der Waals surface area contributed by atoms with Crippen LogP contribution in [-0.4, -0.2) is 20.0 Å². The first kappa shape index (κ1) is 12.7. The van der Waals surface area contributed by atoms with Crippen molar-refractivity contribution in [2.75, 3.05) is 13.7 Å². The quantitative estimate of drug-likeness (QED) is 0.337. The van der Waals surface area contributed by atoms with E-state index < -0.39 is 0 Å². The number of nitrogens with zero attached hydrogens (tertiary/aromatic N) is 1. The van der Waals surface area contributed by atoms with Crippen LogP contribution in [0, 0.1) is 11.8 Å². The Morgan fingerprint density at radius 1 is 1.61 bits per heavy atom. The SMILES string of the molecule is C=CCCOC1=C[C@@H]2CC=C(/N=C\NC)C=CC12. The van der Waals surface area contributed by atoms with Crippen LogP contribution in [0.3, 0.4) is 0 Å². The molecule has 0 aromatic heterocycles. The molecule has 0 aromatic carbocycles. The van der Waals surface area contributed by atoms with Crippen molar-refractivity contribution in [3.63, 3.8) is 0 Å². The molecule has 0 radical (unpaired) electrons. The van der Waals surface area contributed by atoms with Crippen LogP contribution in [0.2, 0.25) is 0 Å². The monoisotopic (exact) mass is 244 g/mol. The minimum Gasteiger partial charge on any atom is -0.497 e. The topological polar surface area (TPSA) is 33.6 Å². The molecule has 1 N–H and O–H groups in total. The van der Waals surface area contributed by atoms with Gasteiger partial charge >= 0.3 is 0 Å². The van der Waals surface area contributed by atoms with Crippen molar-refractivity contribution in [2.45, 2.75) is 12.8 Å². The molecule has 96 valence electrons. The largest absolute Gasteiger partial charge is 0.497 e. The van der Waals surface area contributed by atoms with E-state index >= 15 is 0 Å². The summed E-state index contributed by atoms with van der Waals surface area (Å²) in [5.74, 6) is 2.10. The molecule has 1 unspecified atom stereocenters. The number of hydrogen-bond acceptors (Lipinski definition) is 2. The van der Waals surface area contributed by atoms with Gasteiger partial charge in [0, 0.05) is 13.0 Å². The molecule has 0 bridgehead atoms. The molecule has 2 atom stereocenters. The van der Waals surface area contributed by atoms with E-state index in [1.807, 2.05) is 13.1 Å². The Hall–Kier alpha value is -1.77. The average Bonchev–Trinajstić information content (AvgIpc) is 2.52. The maximum Gasteiger partial charge on any atom is 0.0998 e. The molecule has 0 aliphatic heterocycles. The fourth-order valence-corrected chi connectivity index (χ4v) is 2.14. The zero-order valence-electron chi connectivity index (χ0n) is 10.8. The normalized spacial score (nSPS) is 25.6. The van der Waals surface area contributed by atoms with Gasteiger partial charge in [-0.05, 0) is 30.9 Å². The van der Waals surface area contributed by atoms with Crippen LogP contribution in [0.15, 0.2) is 53.4 Å². The molecule has 0 heterocycles. The maximum atomic E-state index is 5.72. The Morgan fingerprint density at radius 3 is 3.28 bits per heavy atom. The standard InChI is InChI=1S/C15H20N2O/c1-3-4-9-18-15-10-12-5-6-13(17-11-16-2)7-8-14(12)15/h3,6-8,10-12,14H,1,4-5,9H2,2H3,(H,16,17)/t12-,14?/m0/s1. The van der Waals surface area contributed by atoms with Crippen LogP contribution in [0.25, 0.3) is 0 Å². The number of aliphatic imine (C=N–C) groups is 1. The molecule has 0 aromatic rings. The highest BCUT2D eigenvalue weighted by molar-refractivity contribution is 5.56. The third kappa shape index (κ3) is 2.92. The van der Waals surface area contributed by atoms with Gasteiger partial charge in [-0.25, -0.2) is 4.99 Å². The van der Waals surface area contributed by atoms with E-state index in [0.29, 0.717) is 11.8 Å². The molecule has 0 saturated carbocycles. The lowest BCUT2D eigenvalue weighted by Crippen LogP contribution is -2.24. The fourth-order valence-electron chi connectivity index (χ4n) is 2.14. The van der Waals surface area contributed by atoms with Crippen molar-refractivity contribution in [1.29, 1.82) is 0 Å². The van der Waals surface area contributed by atoms with E-state index in [1.165, 1.54) is 0 Å². The number of fused-ring (bicyclic) bond motifs is 1. The summed E-state index contributed by atoms with van der Waals surface area (Å²) in [5.41, 5.74) is 1.01. The minimum absolute atomic E-state index is 0.424. The Morgan fingerprint density at radius 2 is 2.50 bits per heavy atom. The summed E-state index contributed by atoms with van der Waals surface area (Å²) in [4.78, 5) is 4.32. The third-order valence-electron chi connectivity index (χ3n) is 3.18. The molecule has 2 aliphatic carbocycles. The summed E-state index contributed by atoms with van der Waals surface area (Å²) in [6.45, 7) is 4.42. The van der Waals surface area contributed by atoms with Gasteiger partial charge in [-0.15, -0.1) is 6.58 Å². The average molecular weight is 244 g/mol. The molecule has 18 heavy (non-hydrogen) atoms. The van der Waals surface area contributed by atoms with Crippen LogP contribution >= 0.6 is 0 Å². The van der Waals surface area contributed by atoms with E-state index in [0.717, 1.165) is 30.9 Å². The van der Waals surface area contributed by atoms with Gasteiger partial charge in [0.15, 0.2) is 0 Å². The zero-order valence-corrected chi connectivity index (χ0v) is 10.8. The summed E-state index contributed by atoms with van der Waals surface area (Å²) in [7, 11) is 1.85. The molecule has 2 rings (SSSR count). The number of ether oxygens (including phenoxy) is 1. The summed E-state index contributed by atoms with van der Waals surface area (Å²) < 4.78 is 5.72. The number of hydrogen-bond donors (Lipinski definition) is 1. The summed E-state index contributed by atoms with van der Waals surface area (Å²) >= 11 is 0. The molecule has 0 spiro atoms. The van der Waals surface area contributed by atoms with E-state index in [2.05, 4.69) is 41.2 Å². The van der Waals surface area contributed by atoms with Gasteiger partial charge in [-0.2, -0.15) is 0 Å². The van der Waals surface area contributed by atoms with Gasteiger partial charge in [0.1, 0.15) is 0 Å².